The van der Waals surface area contributed by atoms with E-state index in [1.807, 2.05) is 32.0 Å². The second kappa shape index (κ2) is 5.51. The standard InChI is InChI=1S/C12H19NO3S/c1-9-4-5-11(10(2)13)12(8-9)16-6-7-17(3,14)15/h4-5,8,10H,6-7,13H2,1-3H3/t10-/m0/s1. The summed E-state index contributed by atoms with van der Waals surface area (Å²) in [4.78, 5) is 0. The summed E-state index contributed by atoms with van der Waals surface area (Å²) in [6, 6.07) is 5.61. The van der Waals surface area contributed by atoms with Crippen molar-refractivity contribution in [3.63, 3.8) is 0 Å². The van der Waals surface area contributed by atoms with Crippen LogP contribution in [0.2, 0.25) is 0 Å². The predicted molar refractivity (Wildman–Crippen MR) is 69.0 cm³/mol. The highest BCUT2D eigenvalue weighted by molar-refractivity contribution is 7.90. The quantitative estimate of drug-likeness (QED) is 0.866. The van der Waals surface area contributed by atoms with Crippen LogP contribution in [0.1, 0.15) is 24.1 Å². The van der Waals surface area contributed by atoms with Gasteiger partial charge in [0.15, 0.2) is 9.84 Å². The number of hydrogen-bond acceptors (Lipinski definition) is 4. The maximum atomic E-state index is 11.0. The van der Waals surface area contributed by atoms with Gasteiger partial charge in [0.05, 0.1) is 5.75 Å². The molecule has 2 N–H and O–H groups in total. The lowest BCUT2D eigenvalue weighted by atomic mass is 10.1. The van der Waals surface area contributed by atoms with E-state index >= 15 is 0 Å². The van der Waals surface area contributed by atoms with Crippen molar-refractivity contribution in [2.45, 2.75) is 19.9 Å². The summed E-state index contributed by atoms with van der Waals surface area (Å²) in [5.74, 6) is 0.683. The number of aryl methyl sites for hydroxylation is 1. The molecule has 4 nitrogen and oxygen atoms in total. The minimum atomic E-state index is -2.99. The summed E-state index contributed by atoms with van der Waals surface area (Å²) >= 11 is 0. The predicted octanol–water partition coefficient (Wildman–Crippen LogP) is 1.44. The Morgan fingerprint density at radius 1 is 1.41 bits per heavy atom. The van der Waals surface area contributed by atoms with Crippen molar-refractivity contribution in [1.29, 1.82) is 0 Å². The number of sulfone groups is 1. The van der Waals surface area contributed by atoms with E-state index in [1.54, 1.807) is 0 Å². The second-order valence-corrected chi connectivity index (χ2v) is 6.57. The molecule has 0 heterocycles. The average Bonchev–Trinajstić information content (AvgIpc) is 2.15. The summed E-state index contributed by atoms with van der Waals surface area (Å²) in [5, 5.41) is 0. The normalized spacial score (nSPS) is 13.4. The van der Waals surface area contributed by atoms with Crippen LogP contribution in [-0.4, -0.2) is 27.0 Å². The molecule has 0 aliphatic rings. The molecule has 1 aromatic rings. The van der Waals surface area contributed by atoms with Gasteiger partial charge in [-0.3, -0.25) is 0 Å². The number of hydrogen-bond donors (Lipinski definition) is 1. The maximum absolute atomic E-state index is 11.0. The summed E-state index contributed by atoms with van der Waals surface area (Å²) < 4.78 is 27.5. The molecule has 1 aromatic carbocycles. The molecule has 17 heavy (non-hydrogen) atoms. The van der Waals surface area contributed by atoms with Crippen LogP contribution in [0.4, 0.5) is 0 Å². The molecule has 0 aromatic heterocycles. The molecule has 0 radical (unpaired) electrons. The summed E-state index contributed by atoms with van der Waals surface area (Å²) in [7, 11) is -2.99. The molecule has 96 valence electrons. The van der Waals surface area contributed by atoms with Crippen LogP contribution in [-0.2, 0) is 9.84 Å². The van der Waals surface area contributed by atoms with E-state index in [1.165, 1.54) is 6.26 Å². The number of rotatable bonds is 5. The van der Waals surface area contributed by atoms with Crippen molar-refractivity contribution in [2.75, 3.05) is 18.6 Å². The minimum Gasteiger partial charge on any atom is -0.492 e. The lowest BCUT2D eigenvalue weighted by molar-refractivity contribution is 0.335. The molecule has 5 heteroatoms. The number of nitrogens with two attached hydrogens (primary N) is 1. The van der Waals surface area contributed by atoms with Crippen molar-refractivity contribution in [2.24, 2.45) is 5.73 Å². The topological polar surface area (TPSA) is 69.4 Å². The first-order chi connectivity index (χ1) is 7.79. The average molecular weight is 257 g/mol. The molecule has 1 rings (SSSR count). The second-order valence-electron chi connectivity index (χ2n) is 4.31. The molecular weight excluding hydrogens is 238 g/mol. The van der Waals surface area contributed by atoms with Gasteiger partial charge in [-0.15, -0.1) is 0 Å². The molecule has 0 spiro atoms. The van der Waals surface area contributed by atoms with Crippen LogP contribution in [0, 0.1) is 6.92 Å². The lowest BCUT2D eigenvalue weighted by Crippen LogP contribution is -2.14. The minimum absolute atomic E-state index is 0.0132. The van der Waals surface area contributed by atoms with Crippen LogP contribution in [0.25, 0.3) is 0 Å². The van der Waals surface area contributed by atoms with Crippen molar-refractivity contribution < 1.29 is 13.2 Å². The van der Waals surface area contributed by atoms with Gasteiger partial charge in [0.25, 0.3) is 0 Å². The maximum Gasteiger partial charge on any atom is 0.150 e. The molecule has 0 aliphatic heterocycles. The fourth-order valence-corrected chi connectivity index (χ4v) is 1.83. The van der Waals surface area contributed by atoms with E-state index in [4.69, 9.17) is 10.5 Å². The first-order valence-electron chi connectivity index (χ1n) is 5.46. The van der Waals surface area contributed by atoms with Gasteiger partial charge in [-0.05, 0) is 25.5 Å². The molecule has 0 saturated heterocycles. The van der Waals surface area contributed by atoms with Crippen LogP contribution in [0.5, 0.6) is 5.75 Å². The molecule has 1 atom stereocenters. The fraction of sp³-hybridized carbons (Fsp3) is 0.500. The SMILES string of the molecule is Cc1ccc([C@H](C)N)c(OCCS(C)(=O)=O)c1. The van der Waals surface area contributed by atoms with Crippen LogP contribution in [0.15, 0.2) is 18.2 Å². The van der Waals surface area contributed by atoms with Gasteiger partial charge in [0.2, 0.25) is 0 Å². The molecule has 0 amide bonds. The molecule has 0 unspecified atom stereocenters. The number of benzene rings is 1. The van der Waals surface area contributed by atoms with Gasteiger partial charge in [-0.1, -0.05) is 12.1 Å². The van der Waals surface area contributed by atoms with Crippen molar-refractivity contribution in [1.82, 2.24) is 0 Å². The third-order valence-corrected chi connectivity index (χ3v) is 3.28. The molecule has 0 fully saturated rings. The zero-order chi connectivity index (χ0) is 13.1. The first kappa shape index (κ1) is 14.0. The molecule has 0 bridgehead atoms. The highest BCUT2D eigenvalue weighted by atomic mass is 32.2. The van der Waals surface area contributed by atoms with Gasteiger partial charge in [-0.25, -0.2) is 8.42 Å². The van der Waals surface area contributed by atoms with Crippen LogP contribution in [0.3, 0.4) is 0 Å². The Labute approximate surface area is 103 Å². The van der Waals surface area contributed by atoms with Crippen molar-refractivity contribution in [3.05, 3.63) is 29.3 Å². The lowest BCUT2D eigenvalue weighted by Gasteiger charge is -2.14. The Bertz CT molecular complexity index is 481. The fourth-order valence-electron chi connectivity index (χ4n) is 1.45. The van der Waals surface area contributed by atoms with Gasteiger partial charge >= 0.3 is 0 Å². The molecule has 0 aliphatic carbocycles. The largest absolute Gasteiger partial charge is 0.492 e. The van der Waals surface area contributed by atoms with Gasteiger partial charge < -0.3 is 10.5 Å². The third kappa shape index (κ3) is 4.75. The number of ether oxygens (including phenoxy) is 1. The zero-order valence-electron chi connectivity index (χ0n) is 10.4. The van der Waals surface area contributed by atoms with E-state index in [-0.39, 0.29) is 18.4 Å². The summed E-state index contributed by atoms with van der Waals surface area (Å²) in [5.41, 5.74) is 7.78. The summed E-state index contributed by atoms with van der Waals surface area (Å²) in [6.07, 6.45) is 1.19. The first-order valence-corrected chi connectivity index (χ1v) is 7.52. The summed E-state index contributed by atoms with van der Waals surface area (Å²) in [6.45, 7) is 3.98. The van der Waals surface area contributed by atoms with Gasteiger partial charge in [-0.2, -0.15) is 0 Å². The smallest absolute Gasteiger partial charge is 0.150 e. The highest BCUT2D eigenvalue weighted by Crippen LogP contribution is 2.25. The van der Waals surface area contributed by atoms with Gasteiger partial charge in [0, 0.05) is 17.9 Å². The van der Waals surface area contributed by atoms with Crippen molar-refractivity contribution >= 4 is 9.84 Å². The molecular formula is C12H19NO3S. The monoisotopic (exact) mass is 257 g/mol. The van der Waals surface area contributed by atoms with Gasteiger partial charge in [0.1, 0.15) is 12.4 Å². The van der Waals surface area contributed by atoms with Crippen LogP contribution >= 0.6 is 0 Å². The highest BCUT2D eigenvalue weighted by Gasteiger charge is 2.09. The van der Waals surface area contributed by atoms with E-state index < -0.39 is 9.84 Å². The van der Waals surface area contributed by atoms with E-state index in [0.717, 1.165) is 11.1 Å². The Kier molecular flexibility index (Phi) is 4.54. The van der Waals surface area contributed by atoms with Crippen molar-refractivity contribution in [3.8, 4) is 5.75 Å². The van der Waals surface area contributed by atoms with Crippen LogP contribution < -0.4 is 10.5 Å². The van der Waals surface area contributed by atoms with E-state index in [9.17, 15) is 8.42 Å². The Hall–Kier alpha value is -1.07. The van der Waals surface area contributed by atoms with E-state index in [2.05, 4.69) is 0 Å². The third-order valence-electron chi connectivity index (χ3n) is 2.37. The van der Waals surface area contributed by atoms with E-state index in [0.29, 0.717) is 5.75 Å². The Balaban J connectivity index is 2.79. The Morgan fingerprint density at radius 2 is 2.06 bits per heavy atom. The molecule has 0 saturated carbocycles. The zero-order valence-corrected chi connectivity index (χ0v) is 11.3. The Morgan fingerprint density at radius 3 is 2.59 bits per heavy atom.